The predicted molar refractivity (Wildman–Crippen MR) is 110 cm³/mol. The first-order valence-corrected chi connectivity index (χ1v) is 10.4. The monoisotopic (exact) mass is 434 g/mol. The first-order chi connectivity index (χ1) is 13.0. The Labute approximate surface area is 168 Å². The number of carbonyl (C=O) groups is 2. The fourth-order valence-electron chi connectivity index (χ4n) is 3.41. The van der Waals surface area contributed by atoms with E-state index in [1.807, 2.05) is 13.0 Å². The van der Waals surface area contributed by atoms with Crippen LogP contribution < -0.4 is 10.6 Å². The topological polar surface area (TPSA) is 73.8 Å². The van der Waals surface area contributed by atoms with Gasteiger partial charge in [0.15, 0.2) is 5.96 Å². The predicted octanol–water partition coefficient (Wildman–Crippen LogP) is 2.57. The van der Waals surface area contributed by atoms with E-state index in [1.54, 1.807) is 0 Å². The maximum absolute atomic E-state index is 11.9. The molecule has 7 heteroatoms. The zero-order valence-corrected chi connectivity index (χ0v) is 17.3. The Kier molecular flexibility index (Phi) is 6.52. The summed E-state index contributed by atoms with van der Waals surface area (Å²) in [6.07, 6.45) is 3.89. The minimum absolute atomic E-state index is 0.0680. The second-order valence-corrected chi connectivity index (χ2v) is 8.12. The van der Waals surface area contributed by atoms with Gasteiger partial charge in [0.25, 0.3) is 0 Å². The van der Waals surface area contributed by atoms with Crippen LogP contribution in [0.15, 0.2) is 33.7 Å². The summed E-state index contributed by atoms with van der Waals surface area (Å²) in [4.78, 5) is 29.9. The summed E-state index contributed by atoms with van der Waals surface area (Å²) in [6, 6.07) is 8.45. The molecule has 2 fully saturated rings. The van der Waals surface area contributed by atoms with Gasteiger partial charge in [-0.1, -0.05) is 28.1 Å². The fourth-order valence-corrected chi connectivity index (χ4v) is 3.81. The Balaban J connectivity index is 1.57. The average molecular weight is 435 g/mol. The minimum Gasteiger partial charge on any atom is -0.357 e. The number of nitrogens with one attached hydrogen (secondary N) is 2. The van der Waals surface area contributed by atoms with Gasteiger partial charge in [-0.2, -0.15) is 0 Å². The molecule has 146 valence electrons. The van der Waals surface area contributed by atoms with E-state index in [0.717, 1.165) is 36.4 Å². The van der Waals surface area contributed by atoms with Gasteiger partial charge in [-0.25, -0.2) is 0 Å². The van der Waals surface area contributed by atoms with Gasteiger partial charge < -0.3 is 10.6 Å². The molecule has 0 spiro atoms. The van der Waals surface area contributed by atoms with Crippen LogP contribution in [0.25, 0.3) is 0 Å². The van der Waals surface area contributed by atoms with E-state index in [9.17, 15) is 9.59 Å². The number of aliphatic imine (C=N–C) groups is 1. The molecule has 0 unspecified atom stereocenters. The molecule has 6 nitrogen and oxygen atoms in total. The second-order valence-electron chi connectivity index (χ2n) is 7.21. The molecular weight excluding hydrogens is 408 g/mol. The van der Waals surface area contributed by atoms with E-state index in [1.165, 1.54) is 10.5 Å². The molecule has 3 rings (SSSR count). The van der Waals surface area contributed by atoms with Gasteiger partial charge in [0.05, 0.1) is 6.54 Å². The van der Waals surface area contributed by atoms with Crippen molar-refractivity contribution in [3.05, 3.63) is 34.3 Å². The van der Waals surface area contributed by atoms with Gasteiger partial charge in [-0.05, 0) is 43.9 Å². The number of imide groups is 1. The molecular formula is C20H27BrN4O2. The number of likely N-dealkylation sites (tertiary alicyclic amines) is 1. The number of benzene rings is 1. The Morgan fingerprint density at radius 2 is 1.96 bits per heavy atom. The highest BCUT2D eigenvalue weighted by molar-refractivity contribution is 9.10. The van der Waals surface area contributed by atoms with Gasteiger partial charge in [-0.3, -0.25) is 19.5 Å². The van der Waals surface area contributed by atoms with Crippen molar-refractivity contribution in [2.45, 2.75) is 44.4 Å². The lowest BCUT2D eigenvalue weighted by Gasteiger charge is -2.25. The number of carbonyl (C=O) groups excluding carboxylic acids is 2. The number of amides is 2. The Bertz CT molecular complexity index is 714. The van der Waals surface area contributed by atoms with Crippen LogP contribution in [0.4, 0.5) is 0 Å². The highest BCUT2D eigenvalue weighted by Crippen LogP contribution is 2.48. The van der Waals surface area contributed by atoms with Crippen LogP contribution in [0.1, 0.15) is 44.6 Å². The maximum Gasteiger partial charge on any atom is 0.229 e. The summed E-state index contributed by atoms with van der Waals surface area (Å²) < 4.78 is 1.09. The number of hydrogen-bond acceptors (Lipinski definition) is 3. The number of rotatable bonds is 7. The maximum atomic E-state index is 11.9. The fraction of sp³-hybridized carbons (Fsp3) is 0.550. The number of piperidine rings is 1. The lowest BCUT2D eigenvalue weighted by molar-refractivity contribution is -0.147. The third-order valence-electron chi connectivity index (χ3n) is 5.19. The zero-order chi connectivity index (χ0) is 19.3. The molecule has 0 atom stereocenters. The molecule has 27 heavy (non-hydrogen) atoms. The second kappa shape index (κ2) is 8.87. The van der Waals surface area contributed by atoms with Crippen LogP contribution >= 0.6 is 15.9 Å². The summed E-state index contributed by atoms with van der Waals surface area (Å²) in [5.41, 5.74) is 1.45. The van der Waals surface area contributed by atoms with Crippen molar-refractivity contribution < 1.29 is 9.59 Å². The van der Waals surface area contributed by atoms with E-state index >= 15 is 0 Å². The smallest absolute Gasteiger partial charge is 0.229 e. The summed E-state index contributed by atoms with van der Waals surface area (Å²) in [7, 11) is 0. The van der Waals surface area contributed by atoms with E-state index in [-0.39, 0.29) is 17.2 Å². The van der Waals surface area contributed by atoms with Crippen molar-refractivity contribution in [3.8, 4) is 0 Å². The van der Waals surface area contributed by atoms with Crippen molar-refractivity contribution >= 4 is 33.7 Å². The number of nitrogens with zero attached hydrogens (tertiary/aromatic N) is 2. The van der Waals surface area contributed by atoms with E-state index in [2.05, 4.69) is 44.8 Å². The molecule has 1 saturated carbocycles. The van der Waals surface area contributed by atoms with Gasteiger partial charge in [0.1, 0.15) is 0 Å². The molecule has 2 aliphatic rings. The van der Waals surface area contributed by atoms with Crippen LogP contribution in [0.5, 0.6) is 0 Å². The lowest BCUT2D eigenvalue weighted by Crippen LogP contribution is -2.46. The quantitative estimate of drug-likeness (QED) is 0.392. The molecule has 1 heterocycles. The third-order valence-corrected chi connectivity index (χ3v) is 5.68. The molecule has 1 aromatic rings. The van der Waals surface area contributed by atoms with Crippen LogP contribution in [0.2, 0.25) is 0 Å². The van der Waals surface area contributed by atoms with Crippen LogP contribution in [-0.4, -0.2) is 48.9 Å². The summed E-state index contributed by atoms with van der Waals surface area (Å²) in [6.45, 7) is 4.40. The summed E-state index contributed by atoms with van der Waals surface area (Å²) in [5, 5.41) is 6.50. The van der Waals surface area contributed by atoms with Crippen molar-refractivity contribution in [2.24, 2.45) is 4.99 Å². The molecule has 2 amide bonds. The van der Waals surface area contributed by atoms with Crippen molar-refractivity contribution in [1.82, 2.24) is 15.5 Å². The number of hydrogen-bond donors (Lipinski definition) is 2. The number of guanidine groups is 1. The standard InChI is InChI=1S/C20H27BrN4O2/c1-2-22-19(23-11-12-25-17(26)7-4-8-18(25)27)24-14-20(9-10-20)15-5-3-6-16(21)13-15/h3,5-6,13H,2,4,7-12,14H2,1H3,(H2,22,23,24). The highest BCUT2D eigenvalue weighted by atomic mass is 79.9. The third kappa shape index (κ3) is 5.09. The van der Waals surface area contributed by atoms with Crippen LogP contribution in [-0.2, 0) is 15.0 Å². The lowest BCUT2D eigenvalue weighted by atomic mass is 9.96. The van der Waals surface area contributed by atoms with E-state index in [4.69, 9.17) is 4.99 Å². The van der Waals surface area contributed by atoms with E-state index in [0.29, 0.717) is 32.4 Å². The molecule has 0 bridgehead atoms. The van der Waals surface area contributed by atoms with Gasteiger partial charge >= 0.3 is 0 Å². The van der Waals surface area contributed by atoms with Crippen LogP contribution in [0, 0.1) is 0 Å². The minimum atomic E-state index is -0.0680. The summed E-state index contributed by atoms with van der Waals surface area (Å²) in [5.74, 6) is 0.596. The Morgan fingerprint density at radius 3 is 2.59 bits per heavy atom. The Hall–Kier alpha value is -1.89. The van der Waals surface area contributed by atoms with E-state index < -0.39 is 0 Å². The van der Waals surface area contributed by atoms with Crippen molar-refractivity contribution in [3.63, 3.8) is 0 Å². The van der Waals surface area contributed by atoms with Crippen molar-refractivity contribution in [1.29, 1.82) is 0 Å². The van der Waals surface area contributed by atoms with Crippen molar-refractivity contribution in [2.75, 3.05) is 26.2 Å². The SMILES string of the molecule is CCNC(=NCC1(c2cccc(Br)c2)CC1)NCCN1C(=O)CCCC1=O. The first kappa shape index (κ1) is 19.9. The van der Waals surface area contributed by atoms with Gasteiger partial charge in [0, 0.05) is 42.4 Å². The zero-order valence-electron chi connectivity index (χ0n) is 15.8. The molecule has 1 aliphatic heterocycles. The van der Waals surface area contributed by atoms with Crippen LogP contribution in [0.3, 0.4) is 0 Å². The summed E-state index contributed by atoms with van der Waals surface area (Å²) >= 11 is 3.55. The molecule has 1 aliphatic carbocycles. The normalized spacial score (nSPS) is 19.2. The average Bonchev–Trinajstić information content (AvgIpc) is 3.43. The molecule has 1 saturated heterocycles. The largest absolute Gasteiger partial charge is 0.357 e. The number of halogens is 1. The Morgan fingerprint density at radius 1 is 1.22 bits per heavy atom. The molecule has 0 radical (unpaired) electrons. The first-order valence-electron chi connectivity index (χ1n) is 9.65. The van der Waals surface area contributed by atoms with Gasteiger partial charge in [0.2, 0.25) is 11.8 Å². The molecule has 1 aromatic carbocycles. The molecule has 0 aromatic heterocycles. The van der Waals surface area contributed by atoms with Gasteiger partial charge in [-0.15, -0.1) is 0 Å². The molecule has 2 N–H and O–H groups in total. The highest BCUT2D eigenvalue weighted by Gasteiger charge is 2.44.